The van der Waals surface area contributed by atoms with Gasteiger partial charge in [0.2, 0.25) is 0 Å². The number of hydrogen-bond donors (Lipinski definition) is 1. The summed E-state index contributed by atoms with van der Waals surface area (Å²) in [5.41, 5.74) is 1.83. The van der Waals surface area contributed by atoms with Gasteiger partial charge in [-0.2, -0.15) is 0 Å². The summed E-state index contributed by atoms with van der Waals surface area (Å²) in [7, 11) is 1.87. The first-order valence-electron chi connectivity index (χ1n) is 5.84. The third-order valence-corrected chi connectivity index (χ3v) is 4.48. The van der Waals surface area contributed by atoms with Gasteiger partial charge in [-0.05, 0) is 69.1 Å². The van der Waals surface area contributed by atoms with E-state index >= 15 is 0 Å². The molecule has 0 aliphatic carbocycles. The number of pyridine rings is 1. The van der Waals surface area contributed by atoms with Gasteiger partial charge >= 0.3 is 0 Å². The monoisotopic (exact) mass is 386 g/mol. The van der Waals surface area contributed by atoms with Crippen molar-refractivity contribution in [2.45, 2.75) is 12.5 Å². The van der Waals surface area contributed by atoms with E-state index in [1.54, 1.807) is 12.3 Å². The van der Waals surface area contributed by atoms with E-state index in [-0.39, 0.29) is 11.9 Å². The molecule has 0 fully saturated rings. The second-order valence-electron chi connectivity index (χ2n) is 4.13. The summed E-state index contributed by atoms with van der Waals surface area (Å²) >= 11 is 6.79. The predicted molar refractivity (Wildman–Crippen MR) is 81.5 cm³/mol. The summed E-state index contributed by atoms with van der Waals surface area (Å²) in [6.45, 7) is 0. The van der Waals surface area contributed by atoms with E-state index in [4.69, 9.17) is 0 Å². The fourth-order valence-corrected chi connectivity index (χ4v) is 2.87. The van der Waals surface area contributed by atoms with Crippen molar-refractivity contribution in [1.29, 1.82) is 0 Å². The van der Waals surface area contributed by atoms with Gasteiger partial charge in [-0.25, -0.2) is 4.39 Å². The summed E-state index contributed by atoms with van der Waals surface area (Å²) in [6, 6.07) is 8.92. The van der Waals surface area contributed by atoms with Crippen molar-refractivity contribution < 1.29 is 4.39 Å². The van der Waals surface area contributed by atoms with Gasteiger partial charge in [0.25, 0.3) is 0 Å². The zero-order valence-electron chi connectivity index (χ0n) is 10.3. The molecule has 1 heterocycles. The van der Waals surface area contributed by atoms with Crippen LogP contribution in [0.4, 0.5) is 4.39 Å². The molecule has 0 aliphatic rings. The van der Waals surface area contributed by atoms with Gasteiger partial charge in [0, 0.05) is 10.7 Å². The van der Waals surface area contributed by atoms with E-state index < -0.39 is 0 Å². The molecule has 0 saturated heterocycles. The van der Waals surface area contributed by atoms with Crippen LogP contribution in [-0.4, -0.2) is 12.0 Å². The normalized spacial score (nSPS) is 12.4. The molecule has 1 N–H and O–H groups in total. The van der Waals surface area contributed by atoms with Crippen LogP contribution in [0.2, 0.25) is 0 Å². The fraction of sp³-hybridized carbons (Fsp3) is 0.214. The zero-order valence-corrected chi connectivity index (χ0v) is 13.5. The summed E-state index contributed by atoms with van der Waals surface area (Å²) in [5.74, 6) is -0.243. The topological polar surface area (TPSA) is 24.9 Å². The molecule has 5 heteroatoms. The van der Waals surface area contributed by atoms with Gasteiger partial charge in [0.15, 0.2) is 0 Å². The summed E-state index contributed by atoms with van der Waals surface area (Å²) in [4.78, 5) is 4.38. The molecular formula is C14H13Br2FN2. The largest absolute Gasteiger partial charge is 0.311 e. The van der Waals surface area contributed by atoms with Crippen LogP contribution in [0, 0.1) is 5.82 Å². The van der Waals surface area contributed by atoms with Crippen molar-refractivity contribution in [3.8, 4) is 0 Å². The summed E-state index contributed by atoms with van der Waals surface area (Å²) in [6.07, 6.45) is 2.41. The van der Waals surface area contributed by atoms with Crippen molar-refractivity contribution in [3.63, 3.8) is 0 Å². The molecule has 0 bridgehead atoms. The van der Waals surface area contributed by atoms with E-state index in [2.05, 4.69) is 42.2 Å². The molecule has 1 atom stereocenters. The van der Waals surface area contributed by atoms with Crippen molar-refractivity contribution in [2.75, 3.05) is 7.05 Å². The van der Waals surface area contributed by atoms with Crippen molar-refractivity contribution in [3.05, 3.63) is 62.5 Å². The van der Waals surface area contributed by atoms with Crippen LogP contribution in [-0.2, 0) is 6.42 Å². The average molecular weight is 388 g/mol. The maximum atomic E-state index is 13.5. The van der Waals surface area contributed by atoms with Gasteiger partial charge < -0.3 is 5.32 Å². The van der Waals surface area contributed by atoms with E-state index in [0.717, 1.165) is 15.7 Å². The average Bonchev–Trinajstić information content (AvgIpc) is 2.41. The zero-order chi connectivity index (χ0) is 13.8. The first-order valence-corrected chi connectivity index (χ1v) is 7.42. The molecule has 100 valence electrons. The van der Waals surface area contributed by atoms with Crippen LogP contribution in [0.25, 0.3) is 0 Å². The summed E-state index contributed by atoms with van der Waals surface area (Å²) in [5, 5.41) is 3.22. The van der Waals surface area contributed by atoms with Gasteiger partial charge in [-0.15, -0.1) is 0 Å². The minimum Gasteiger partial charge on any atom is -0.311 e. The Bertz CT molecular complexity index is 575. The smallest absolute Gasteiger partial charge is 0.137 e. The Morgan fingerprint density at radius 2 is 2.05 bits per heavy atom. The molecule has 1 unspecified atom stereocenters. The number of hydrogen-bond acceptors (Lipinski definition) is 2. The van der Waals surface area contributed by atoms with Crippen LogP contribution in [0.15, 0.2) is 45.5 Å². The minimum atomic E-state index is -0.243. The highest BCUT2D eigenvalue weighted by molar-refractivity contribution is 9.10. The molecule has 2 nitrogen and oxygen atoms in total. The second-order valence-corrected chi connectivity index (χ2v) is 5.78. The molecular weight excluding hydrogens is 375 g/mol. The lowest BCUT2D eigenvalue weighted by Gasteiger charge is -2.18. The van der Waals surface area contributed by atoms with Crippen LogP contribution in [0.1, 0.15) is 17.3 Å². The number of likely N-dealkylation sites (N-methyl/N-ethyl adjacent to an activating group) is 1. The standard InChI is InChI=1S/C14H13Br2FN2/c1-18-12(14-10(15)5-3-7-19-14)8-9-4-2-6-11(17)13(9)16/h2-7,12,18H,8H2,1H3. The van der Waals surface area contributed by atoms with E-state index in [1.165, 1.54) is 6.07 Å². The quantitative estimate of drug-likeness (QED) is 0.848. The van der Waals surface area contributed by atoms with Gasteiger partial charge in [-0.1, -0.05) is 12.1 Å². The Balaban J connectivity index is 2.30. The van der Waals surface area contributed by atoms with Gasteiger partial charge in [0.1, 0.15) is 5.82 Å². The lowest BCUT2D eigenvalue weighted by atomic mass is 10.0. The maximum absolute atomic E-state index is 13.5. The fourth-order valence-electron chi connectivity index (χ4n) is 1.92. The van der Waals surface area contributed by atoms with Gasteiger partial charge in [0.05, 0.1) is 16.2 Å². The molecule has 0 spiro atoms. The molecule has 1 aromatic carbocycles. The third kappa shape index (κ3) is 3.41. The molecule has 0 saturated carbocycles. The summed E-state index contributed by atoms with van der Waals surface area (Å²) < 4.78 is 15.0. The van der Waals surface area contributed by atoms with Crippen LogP contribution < -0.4 is 5.32 Å². The van der Waals surface area contributed by atoms with Crippen molar-refractivity contribution in [2.24, 2.45) is 0 Å². The first-order chi connectivity index (χ1) is 9.13. The number of halogens is 3. The Hall–Kier alpha value is -0.780. The molecule has 2 aromatic rings. The van der Waals surface area contributed by atoms with Crippen LogP contribution >= 0.6 is 31.9 Å². The number of benzene rings is 1. The highest BCUT2D eigenvalue weighted by atomic mass is 79.9. The third-order valence-electron chi connectivity index (χ3n) is 2.92. The lowest BCUT2D eigenvalue weighted by Crippen LogP contribution is -2.20. The highest BCUT2D eigenvalue weighted by Gasteiger charge is 2.16. The lowest BCUT2D eigenvalue weighted by molar-refractivity contribution is 0.565. The van der Waals surface area contributed by atoms with E-state index in [9.17, 15) is 4.39 Å². The number of aromatic nitrogens is 1. The Morgan fingerprint density at radius 3 is 2.74 bits per heavy atom. The van der Waals surface area contributed by atoms with Crippen molar-refractivity contribution in [1.82, 2.24) is 10.3 Å². The Kier molecular flexibility index (Phi) is 5.07. The van der Waals surface area contributed by atoms with Gasteiger partial charge in [-0.3, -0.25) is 4.98 Å². The molecule has 0 radical (unpaired) electrons. The Morgan fingerprint density at radius 1 is 1.26 bits per heavy atom. The molecule has 0 amide bonds. The predicted octanol–water partition coefficient (Wildman–Crippen LogP) is 4.25. The SMILES string of the molecule is CNC(Cc1cccc(F)c1Br)c1ncccc1Br. The molecule has 1 aromatic heterocycles. The van der Waals surface area contributed by atoms with E-state index in [1.807, 2.05) is 25.2 Å². The molecule has 0 aliphatic heterocycles. The minimum absolute atomic E-state index is 0.0219. The number of nitrogens with zero attached hydrogens (tertiary/aromatic N) is 1. The highest BCUT2D eigenvalue weighted by Crippen LogP contribution is 2.28. The molecule has 19 heavy (non-hydrogen) atoms. The number of rotatable bonds is 4. The van der Waals surface area contributed by atoms with Crippen LogP contribution in [0.5, 0.6) is 0 Å². The van der Waals surface area contributed by atoms with Crippen molar-refractivity contribution >= 4 is 31.9 Å². The maximum Gasteiger partial charge on any atom is 0.137 e. The Labute approximate surface area is 128 Å². The number of nitrogens with one attached hydrogen (secondary N) is 1. The second kappa shape index (κ2) is 6.59. The van der Waals surface area contributed by atoms with E-state index in [0.29, 0.717) is 10.9 Å². The first kappa shape index (κ1) is 14.6. The molecule has 2 rings (SSSR count). The van der Waals surface area contributed by atoms with Crippen LogP contribution in [0.3, 0.4) is 0 Å².